The van der Waals surface area contributed by atoms with E-state index < -0.39 is 0 Å². The lowest BCUT2D eigenvalue weighted by molar-refractivity contribution is -0.382. The van der Waals surface area contributed by atoms with Crippen molar-refractivity contribution >= 4 is 0 Å². The number of methoxy groups -OCH3 is 2. The van der Waals surface area contributed by atoms with Crippen molar-refractivity contribution < 1.29 is 244 Å². The summed E-state index contributed by atoms with van der Waals surface area (Å²) in [6.07, 6.45) is 0. The highest BCUT2D eigenvalue weighted by molar-refractivity contribution is 4.31. The minimum atomic E-state index is 0.0809. The molecule has 0 amide bonds. The van der Waals surface area contributed by atoms with Gasteiger partial charge in [-0.15, -0.1) is 0 Å². The molecule has 0 saturated heterocycles. The molecule has 50 heteroatoms. The highest BCUT2D eigenvalue weighted by atomic mass is 17.3. The Morgan fingerprint density at radius 2 is 0.108 bits per heavy atom. The summed E-state index contributed by atoms with van der Waals surface area (Å²) in [6, 6.07) is 0. The molecule has 0 spiro atoms. The van der Waals surface area contributed by atoms with E-state index in [0.29, 0.717) is 26.4 Å². The van der Waals surface area contributed by atoms with Crippen LogP contribution in [-0.2, 0) is 244 Å². The van der Waals surface area contributed by atoms with Crippen molar-refractivity contribution in [3.8, 4) is 0 Å². The summed E-state index contributed by atoms with van der Waals surface area (Å²) in [6.45, 7) is 6.32. The molecule has 50 nitrogen and oxygen atoms in total. The van der Waals surface area contributed by atoms with Crippen molar-refractivity contribution in [2.45, 2.75) is 0 Å². The van der Waals surface area contributed by atoms with Crippen molar-refractivity contribution in [3.63, 3.8) is 0 Å². The van der Waals surface area contributed by atoms with Gasteiger partial charge in [-0.1, -0.05) is 0 Å². The zero-order valence-corrected chi connectivity index (χ0v) is 57.8. The summed E-state index contributed by atoms with van der Waals surface area (Å²) in [5.74, 6) is 0. The second-order valence-corrected chi connectivity index (χ2v) is 16.4. The van der Waals surface area contributed by atoms with Crippen molar-refractivity contribution in [2.24, 2.45) is 0 Å². The maximum atomic E-state index is 4.92. The lowest BCUT2D eigenvalue weighted by Crippen LogP contribution is -2.14. The van der Waals surface area contributed by atoms with Crippen LogP contribution in [0.25, 0.3) is 0 Å². The van der Waals surface area contributed by atoms with Gasteiger partial charge in [0.15, 0.2) is 0 Å². The fourth-order valence-electron chi connectivity index (χ4n) is 4.63. The van der Waals surface area contributed by atoms with Crippen LogP contribution in [0.2, 0.25) is 0 Å². The molecule has 0 N–H and O–H groups in total. The molecule has 0 fully saturated rings. The Bertz CT molecular complexity index is 1330. The minimum absolute atomic E-state index is 0.0809. The predicted molar refractivity (Wildman–Crippen MR) is 309 cm³/mol. The van der Waals surface area contributed by atoms with E-state index in [0.717, 1.165) is 0 Å². The molecular weight excluding hydrogens is 1420 g/mol. The maximum absolute atomic E-state index is 4.92. The van der Waals surface area contributed by atoms with Crippen LogP contribution in [0, 0.1) is 0 Å². The summed E-state index contributed by atoms with van der Waals surface area (Å²) in [7, 11) is 3.12. The van der Waals surface area contributed by atoms with E-state index in [2.05, 4.69) is 0 Å². The van der Waals surface area contributed by atoms with Gasteiger partial charge >= 0.3 is 0 Å². The number of ether oxygens (including phenoxy) is 2. The molecule has 102 heavy (non-hydrogen) atoms. The molecule has 614 valence electrons. The Labute approximate surface area is 587 Å². The standard InChI is InChI=1S/C52H106O50/c1-53-3-5-55-57-7-9-59-61-11-13-63-65-15-17-67-69-19-21-71-73-23-25-75-77-27-29-79-81-31-33-83-85-35-37-87-89-39-41-91-93-43-45-95-97-47-49-99-101-51-52-102-100-50-48-98-96-46-44-94-92-42-40-90-88-38-36-86-84-34-32-82-80-30-28-78-76-26-24-74-72-22-20-70-68-18-16-66-64-14-12-62-60-10-8-58-56-6-4-54-2/h3-52H2,1-2H3. The summed E-state index contributed by atoms with van der Waals surface area (Å²) >= 11 is 0. The molecule has 0 aliphatic heterocycles. The molecule has 0 unspecified atom stereocenters. The summed E-state index contributed by atoms with van der Waals surface area (Å²) in [4.78, 5) is 235. The number of hydrogen-bond donors (Lipinski definition) is 0. The maximum Gasteiger partial charge on any atom is 0.109 e. The zero-order valence-electron chi connectivity index (χ0n) is 57.8. The third kappa shape index (κ3) is 98.0. The first-order chi connectivity index (χ1) is 50.9. The van der Waals surface area contributed by atoms with E-state index in [4.69, 9.17) is 244 Å². The monoisotopic (exact) mass is 1530 g/mol. The highest BCUT2D eigenvalue weighted by Gasteiger charge is 2.04. The Morgan fingerprint density at radius 3 is 0.147 bits per heavy atom. The van der Waals surface area contributed by atoms with E-state index in [1.54, 1.807) is 14.2 Å². The zero-order chi connectivity index (χ0) is 72.7. The smallest absolute Gasteiger partial charge is 0.109 e. The van der Waals surface area contributed by atoms with Crippen molar-refractivity contribution in [3.05, 3.63) is 0 Å². The normalized spacial score (nSPS) is 11.8. The first kappa shape index (κ1) is 100. The van der Waals surface area contributed by atoms with Gasteiger partial charge in [0.2, 0.25) is 0 Å². The first-order valence-electron chi connectivity index (χ1n) is 31.8. The van der Waals surface area contributed by atoms with Gasteiger partial charge in [0.05, 0.1) is 13.2 Å². The molecule has 0 aromatic rings. The molecule has 0 radical (unpaired) electrons. The fourth-order valence-corrected chi connectivity index (χ4v) is 4.63. The Morgan fingerprint density at radius 1 is 0.0686 bits per heavy atom. The van der Waals surface area contributed by atoms with E-state index in [-0.39, 0.29) is 304 Å². The minimum Gasteiger partial charge on any atom is -0.382 e. The number of rotatable bonds is 99. The lowest BCUT2D eigenvalue weighted by Gasteiger charge is -2.08. The van der Waals surface area contributed by atoms with E-state index >= 15 is 0 Å². The first-order valence-corrected chi connectivity index (χ1v) is 31.8. The summed E-state index contributed by atoms with van der Waals surface area (Å²) in [5.41, 5.74) is 0. The number of hydrogen-bond acceptors (Lipinski definition) is 50. The Hall–Kier alpha value is -2.00. The molecule has 0 aromatic carbocycles. The van der Waals surface area contributed by atoms with Gasteiger partial charge in [-0.25, -0.2) is 235 Å². The molecule has 0 aliphatic carbocycles. The average Bonchev–Trinajstić information content (AvgIpc) is 3.74. The summed E-state index contributed by atoms with van der Waals surface area (Å²) in [5, 5.41) is 0. The van der Waals surface area contributed by atoms with Gasteiger partial charge in [-0.3, -0.25) is 0 Å². The SMILES string of the molecule is COCCOOCCOOCCOOCCOOCCOOCCOOCCOOCCOOCCOOCCOOCCOOCCOOCCOOCCOOCCOOCCOOCCOOCCOOCCOOCCOOCCOOCCOOCCOOCCOOCCOC. The molecule has 0 rings (SSSR count). The van der Waals surface area contributed by atoms with Gasteiger partial charge in [0, 0.05) is 14.2 Å². The molecule has 0 atom stereocenters. The van der Waals surface area contributed by atoms with Crippen LogP contribution in [0.1, 0.15) is 0 Å². The van der Waals surface area contributed by atoms with Crippen LogP contribution in [0.4, 0.5) is 0 Å². The van der Waals surface area contributed by atoms with Crippen LogP contribution >= 0.6 is 0 Å². The fraction of sp³-hybridized carbons (Fsp3) is 1.00. The van der Waals surface area contributed by atoms with Crippen LogP contribution in [-0.4, -0.2) is 345 Å². The molecule has 0 aromatic heterocycles. The Balaban J connectivity index is 3.09. The molecule has 0 heterocycles. The van der Waals surface area contributed by atoms with E-state index in [9.17, 15) is 0 Å². The van der Waals surface area contributed by atoms with Crippen molar-refractivity contribution in [2.75, 3.05) is 345 Å². The predicted octanol–water partition coefficient (Wildman–Crippen LogP) is -0.964. The highest BCUT2D eigenvalue weighted by Crippen LogP contribution is 1.96. The van der Waals surface area contributed by atoms with Gasteiger partial charge in [0.25, 0.3) is 0 Å². The average molecular weight is 1530 g/mol. The van der Waals surface area contributed by atoms with Crippen molar-refractivity contribution in [1.29, 1.82) is 0 Å². The van der Waals surface area contributed by atoms with Crippen LogP contribution < -0.4 is 0 Å². The van der Waals surface area contributed by atoms with Crippen LogP contribution in [0.5, 0.6) is 0 Å². The Kier molecular flexibility index (Phi) is 97.1. The van der Waals surface area contributed by atoms with Crippen molar-refractivity contribution in [1.82, 2.24) is 0 Å². The topological polar surface area (TPSA) is 462 Å². The van der Waals surface area contributed by atoms with Gasteiger partial charge in [0.1, 0.15) is 317 Å². The molecule has 0 saturated carbocycles. The van der Waals surface area contributed by atoms with E-state index in [1.807, 2.05) is 0 Å². The van der Waals surface area contributed by atoms with E-state index in [1.165, 1.54) is 0 Å². The van der Waals surface area contributed by atoms with Gasteiger partial charge < -0.3 is 9.47 Å². The van der Waals surface area contributed by atoms with Gasteiger partial charge in [-0.2, -0.15) is 0 Å². The summed E-state index contributed by atoms with van der Waals surface area (Å²) < 4.78 is 9.60. The third-order valence-electron chi connectivity index (χ3n) is 8.49. The lowest BCUT2D eigenvalue weighted by atomic mass is 10.8. The largest absolute Gasteiger partial charge is 0.382 e. The second kappa shape index (κ2) is 99.0. The molecular formula is C52H106O50. The molecule has 0 bridgehead atoms. The third-order valence-corrected chi connectivity index (χ3v) is 8.49. The second-order valence-electron chi connectivity index (χ2n) is 16.4. The molecule has 0 aliphatic rings. The van der Waals surface area contributed by atoms with Gasteiger partial charge in [-0.05, 0) is 0 Å². The quantitative estimate of drug-likeness (QED) is 0.0402. The van der Waals surface area contributed by atoms with Crippen LogP contribution in [0.15, 0.2) is 0 Å². The van der Waals surface area contributed by atoms with Crippen LogP contribution in [0.3, 0.4) is 0 Å².